The van der Waals surface area contributed by atoms with Crippen molar-refractivity contribution in [1.29, 1.82) is 0 Å². The number of ether oxygens (including phenoxy) is 2. The lowest BCUT2D eigenvalue weighted by Gasteiger charge is -2.19. The number of nitrogens with zero attached hydrogens (tertiary/aromatic N) is 8. The highest BCUT2D eigenvalue weighted by Crippen LogP contribution is 2.37. The maximum atomic E-state index is 13.6. The third kappa shape index (κ3) is 9.46. The van der Waals surface area contributed by atoms with Crippen LogP contribution in [-0.4, -0.2) is 49.6 Å². The van der Waals surface area contributed by atoms with Gasteiger partial charge in [0.05, 0.1) is 22.7 Å². The smallest absolute Gasteiger partial charge is 0.439 e. The molecule has 0 fully saturated rings. The molecule has 0 bridgehead atoms. The van der Waals surface area contributed by atoms with Crippen LogP contribution in [0.2, 0.25) is 10.3 Å². The van der Waals surface area contributed by atoms with Crippen molar-refractivity contribution in [3.05, 3.63) is 183 Å². The van der Waals surface area contributed by atoms with Crippen LogP contribution >= 0.6 is 23.2 Å². The van der Waals surface area contributed by atoms with Gasteiger partial charge in [-0.3, -0.25) is 33.6 Å². The number of nitrogens with one attached hydrogen (secondary N) is 2. The fourth-order valence-electron chi connectivity index (χ4n) is 8.47. The van der Waals surface area contributed by atoms with Gasteiger partial charge in [-0.2, -0.15) is 0 Å². The minimum Gasteiger partial charge on any atom is -0.483 e. The summed E-state index contributed by atoms with van der Waals surface area (Å²) in [5, 5.41) is 8.64. The Morgan fingerprint density at radius 2 is 1.15 bits per heavy atom. The van der Waals surface area contributed by atoms with Gasteiger partial charge in [-0.15, -0.1) is 0 Å². The van der Waals surface area contributed by atoms with Crippen LogP contribution in [0, 0.1) is 34.6 Å². The number of imidazole rings is 1. The quantitative estimate of drug-likeness (QED) is 0.121. The van der Waals surface area contributed by atoms with Gasteiger partial charge >= 0.3 is 11.5 Å². The van der Waals surface area contributed by atoms with E-state index in [-0.39, 0.29) is 44.2 Å². The third-order valence-corrected chi connectivity index (χ3v) is 12.3. The minimum atomic E-state index is -0.737. The SMILES string of the molecule is Cc1cc(C(C)Oc2ccc(Cl)nc2-c2noc(=O)[nH]2)c2oc(-c3ccc4nc(C)cn4c3)c(C)c(=O)c2c1.Cc1cc(C(C)Oc2ccc(Cl)nc2-c2noc(=O)[nH]2)c2oc(-c3cnccn3)c(C)c(=O)c2c1. The zero-order chi connectivity index (χ0) is 52.1. The molecular weight excluding hydrogens is 996 g/mol. The first kappa shape index (κ1) is 48.6. The number of pyridine rings is 3. The molecule has 0 aliphatic rings. The molecule has 74 heavy (non-hydrogen) atoms. The Balaban J connectivity index is 0.000000170. The minimum absolute atomic E-state index is 0.0703. The summed E-state index contributed by atoms with van der Waals surface area (Å²) in [7, 11) is 0. The molecule has 0 saturated carbocycles. The molecule has 2 unspecified atom stereocenters. The number of aromatic nitrogens is 10. The Morgan fingerprint density at radius 1 is 0.622 bits per heavy atom. The van der Waals surface area contributed by atoms with E-state index in [0.717, 1.165) is 28.0 Å². The van der Waals surface area contributed by atoms with Gasteiger partial charge in [0.15, 0.2) is 28.0 Å². The Bertz CT molecular complexity index is 4230. The summed E-state index contributed by atoms with van der Waals surface area (Å²) in [4.78, 5) is 76.0. The molecule has 20 nitrogen and oxygen atoms in total. The normalized spacial score (nSPS) is 12.2. The van der Waals surface area contributed by atoms with Crippen molar-refractivity contribution in [3.8, 4) is 57.3 Å². The number of rotatable bonds is 10. The summed E-state index contributed by atoms with van der Waals surface area (Å²) in [6.45, 7) is 12.8. The van der Waals surface area contributed by atoms with Crippen molar-refractivity contribution in [3.63, 3.8) is 0 Å². The van der Waals surface area contributed by atoms with Crippen LogP contribution in [0.3, 0.4) is 0 Å². The molecule has 9 heterocycles. The van der Waals surface area contributed by atoms with Crippen molar-refractivity contribution >= 4 is 50.8 Å². The predicted octanol–water partition coefficient (Wildman–Crippen LogP) is 9.96. The summed E-state index contributed by atoms with van der Waals surface area (Å²) in [5.74, 6) is 0.0815. The maximum absolute atomic E-state index is 13.6. The number of benzene rings is 2. The van der Waals surface area contributed by atoms with E-state index in [1.807, 2.05) is 74.8 Å². The van der Waals surface area contributed by atoms with Gasteiger partial charge in [0.25, 0.3) is 0 Å². The van der Waals surface area contributed by atoms with Gasteiger partial charge in [0, 0.05) is 52.6 Å². The van der Waals surface area contributed by atoms with Gasteiger partial charge in [0.2, 0.25) is 11.6 Å². The average molecular weight is 1040 g/mol. The van der Waals surface area contributed by atoms with E-state index < -0.39 is 23.7 Å². The molecule has 0 spiro atoms. The summed E-state index contributed by atoms with van der Waals surface area (Å²) in [6.07, 6.45) is 7.23. The highest BCUT2D eigenvalue weighted by Gasteiger charge is 2.25. The predicted molar refractivity (Wildman–Crippen MR) is 273 cm³/mol. The topological polar surface area (TPSA) is 266 Å². The number of hydrogen-bond acceptors (Lipinski definition) is 17. The van der Waals surface area contributed by atoms with Crippen molar-refractivity contribution < 1.29 is 27.4 Å². The Hall–Kier alpha value is -9.01. The van der Waals surface area contributed by atoms with Gasteiger partial charge < -0.3 is 22.7 Å². The summed E-state index contributed by atoms with van der Waals surface area (Å²) in [5.41, 5.74) is 7.75. The second-order valence-electron chi connectivity index (χ2n) is 17.3. The molecule has 2 atom stereocenters. The first-order valence-corrected chi connectivity index (χ1v) is 23.4. The maximum Gasteiger partial charge on any atom is 0.439 e. The van der Waals surface area contributed by atoms with Crippen molar-refractivity contribution in [2.45, 2.75) is 60.7 Å². The van der Waals surface area contributed by atoms with Gasteiger partial charge in [-0.25, -0.2) is 29.5 Å². The fourth-order valence-corrected chi connectivity index (χ4v) is 8.77. The van der Waals surface area contributed by atoms with Crippen LogP contribution in [0.15, 0.2) is 129 Å². The zero-order valence-electron chi connectivity index (χ0n) is 40.2. The number of hydrogen-bond donors (Lipinski definition) is 2. The van der Waals surface area contributed by atoms with Crippen LogP contribution in [0.25, 0.3) is 73.4 Å². The van der Waals surface area contributed by atoms with Gasteiger partial charge in [0.1, 0.15) is 62.3 Å². The van der Waals surface area contributed by atoms with Crippen LogP contribution in [-0.2, 0) is 0 Å². The van der Waals surface area contributed by atoms with Crippen LogP contribution in [0.5, 0.6) is 11.5 Å². The number of H-pyrrole nitrogens is 2. The number of halogens is 2. The first-order valence-electron chi connectivity index (χ1n) is 22.7. The molecule has 22 heteroatoms. The Morgan fingerprint density at radius 3 is 1.65 bits per heavy atom. The second-order valence-corrected chi connectivity index (χ2v) is 18.0. The number of fused-ring (bicyclic) bond motifs is 3. The average Bonchev–Trinajstić information content (AvgIpc) is 4.13. The Labute approximate surface area is 426 Å². The highest BCUT2D eigenvalue weighted by atomic mass is 35.5. The molecular formula is C52H40Cl2N10O10. The van der Waals surface area contributed by atoms with Crippen molar-refractivity contribution in [2.75, 3.05) is 0 Å². The van der Waals surface area contributed by atoms with E-state index in [0.29, 0.717) is 72.9 Å². The summed E-state index contributed by atoms with van der Waals surface area (Å²) in [6, 6.07) is 17.5. The van der Waals surface area contributed by atoms with E-state index in [9.17, 15) is 19.2 Å². The summed E-state index contributed by atoms with van der Waals surface area (Å²) < 4.78 is 36.4. The van der Waals surface area contributed by atoms with E-state index in [2.05, 4.69) is 54.2 Å². The molecule has 11 aromatic rings. The molecule has 0 amide bonds. The van der Waals surface area contributed by atoms with E-state index in [1.54, 1.807) is 57.3 Å². The largest absolute Gasteiger partial charge is 0.483 e. The molecule has 372 valence electrons. The molecule has 9 aromatic heterocycles. The molecule has 0 radical (unpaired) electrons. The number of aromatic amines is 2. The lowest BCUT2D eigenvalue weighted by atomic mass is 10.00. The molecule has 0 aliphatic carbocycles. The standard InChI is InChI=1S/C28H22ClN5O5.C24H18ClN5O5/c1-13-9-18(16(4)37-20-6-7-21(29)31-23(20)27-32-28(36)39-33-27)26-19(10-13)24(35)15(3)25(38-26)17-5-8-22-30-14(2)11-34(22)12-17;1-11-8-14(13(3)33-17-4-5-18(25)28-19(17)23-29-24(32)35-30-23)22-15(9-11)20(31)12(2)21(34-22)16-10-26-6-7-27-16/h5-12,16H,1-4H3,(H,32,33,36);4-10,13H,1-3H3,(H,29,30,32). The van der Waals surface area contributed by atoms with E-state index in [1.165, 1.54) is 12.4 Å². The van der Waals surface area contributed by atoms with Crippen molar-refractivity contribution in [2.24, 2.45) is 0 Å². The van der Waals surface area contributed by atoms with Crippen LogP contribution in [0.4, 0.5) is 0 Å². The fraction of sp³-hybridized carbons (Fsp3) is 0.173. The molecule has 11 rings (SSSR count). The van der Waals surface area contributed by atoms with Crippen molar-refractivity contribution in [1.82, 2.24) is 49.6 Å². The van der Waals surface area contributed by atoms with Crippen LogP contribution < -0.4 is 31.8 Å². The van der Waals surface area contributed by atoms with Gasteiger partial charge in [-0.1, -0.05) is 33.5 Å². The number of aryl methyl sites for hydroxylation is 3. The summed E-state index contributed by atoms with van der Waals surface area (Å²) >= 11 is 12.2. The zero-order valence-corrected chi connectivity index (χ0v) is 41.7. The first-order chi connectivity index (χ1) is 35.5. The lowest BCUT2D eigenvalue weighted by Crippen LogP contribution is -2.12. The molecule has 2 N–H and O–H groups in total. The highest BCUT2D eigenvalue weighted by molar-refractivity contribution is 6.29. The second kappa shape index (κ2) is 19.5. The monoisotopic (exact) mass is 1030 g/mol. The molecule has 2 aromatic carbocycles. The molecule has 0 saturated heterocycles. The Kier molecular flexibility index (Phi) is 12.8. The third-order valence-electron chi connectivity index (χ3n) is 11.9. The van der Waals surface area contributed by atoms with Crippen LogP contribution in [0.1, 0.15) is 65.1 Å². The van der Waals surface area contributed by atoms with E-state index in [4.69, 9.17) is 41.5 Å². The van der Waals surface area contributed by atoms with Gasteiger partial charge in [-0.05, 0) is 120 Å². The van der Waals surface area contributed by atoms with E-state index >= 15 is 0 Å². The lowest BCUT2D eigenvalue weighted by molar-refractivity contribution is 0.227. The molecule has 0 aliphatic heterocycles.